The van der Waals surface area contributed by atoms with Crippen LogP contribution in [0, 0.1) is 0 Å². The van der Waals surface area contributed by atoms with E-state index in [0.717, 1.165) is 16.1 Å². The molecular weight excluding hydrogens is 274 g/mol. The predicted molar refractivity (Wildman–Crippen MR) is 69.3 cm³/mol. The van der Waals surface area contributed by atoms with Gasteiger partial charge in [0.25, 0.3) is 0 Å². The van der Waals surface area contributed by atoms with Crippen LogP contribution in [0.25, 0.3) is 0 Å². The van der Waals surface area contributed by atoms with Gasteiger partial charge in [0.15, 0.2) is 0 Å². The highest BCUT2D eigenvalue weighted by atomic mass is 79.9. The molecule has 0 atom stereocenters. The number of anilines is 1. The Labute approximate surface area is 102 Å². The molecule has 80 valence electrons. The van der Waals surface area contributed by atoms with Gasteiger partial charge in [-0.2, -0.15) is 0 Å². The van der Waals surface area contributed by atoms with Gasteiger partial charge in [-0.1, -0.05) is 15.9 Å². The molecule has 0 unspecified atom stereocenters. The summed E-state index contributed by atoms with van der Waals surface area (Å²) in [6, 6.07) is 6.43. The van der Waals surface area contributed by atoms with Gasteiger partial charge in [0.05, 0.1) is 10.6 Å². The number of guanidine groups is 1. The summed E-state index contributed by atoms with van der Waals surface area (Å²) in [7, 11) is 0. The molecule has 0 saturated heterocycles. The lowest BCUT2D eigenvalue weighted by Gasteiger charge is -2.21. The van der Waals surface area contributed by atoms with Crippen LogP contribution in [0.5, 0.6) is 0 Å². The number of benzene rings is 1. The number of nitrogens with one attached hydrogen (secondary N) is 2. The standard InChI is InChI=1S/C10H12BrN3S/c1-6(2)12-10-13-8-4-3-7(11)5-9(8)15-14-10/h3-6H,1-2H3,(H2,12,13,14). The Morgan fingerprint density at radius 1 is 1.40 bits per heavy atom. The number of fused-ring (bicyclic) bond motifs is 1. The molecule has 0 spiro atoms. The van der Waals surface area contributed by atoms with Crippen LogP contribution in [0.3, 0.4) is 0 Å². The Kier molecular flexibility index (Phi) is 3.21. The van der Waals surface area contributed by atoms with Crippen molar-refractivity contribution in [2.24, 2.45) is 4.99 Å². The van der Waals surface area contributed by atoms with E-state index in [1.807, 2.05) is 12.1 Å². The zero-order valence-corrected chi connectivity index (χ0v) is 10.9. The third-order valence-electron chi connectivity index (χ3n) is 1.84. The Bertz CT molecular complexity index is 404. The minimum Gasteiger partial charge on any atom is -0.325 e. The fourth-order valence-electron chi connectivity index (χ4n) is 1.26. The van der Waals surface area contributed by atoms with Crippen molar-refractivity contribution in [3.05, 3.63) is 22.7 Å². The molecule has 0 aliphatic carbocycles. The maximum atomic E-state index is 4.42. The van der Waals surface area contributed by atoms with E-state index in [1.54, 1.807) is 11.9 Å². The quantitative estimate of drug-likeness (QED) is 0.778. The maximum Gasteiger partial charge on any atom is 0.206 e. The molecule has 1 aromatic rings. The average molecular weight is 286 g/mol. The maximum absolute atomic E-state index is 4.42. The van der Waals surface area contributed by atoms with Crippen molar-refractivity contribution in [1.82, 2.24) is 4.72 Å². The Morgan fingerprint density at radius 3 is 2.93 bits per heavy atom. The minimum absolute atomic E-state index is 0.289. The van der Waals surface area contributed by atoms with Crippen molar-refractivity contribution < 1.29 is 0 Å². The SMILES string of the molecule is CC(C)N=C1NSc2cc(Br)ccc2N1. The van der Waals surface area contributed by atoms with Crippen LogP contribution in [0.2, 0.25) is 0 Å². The second-order valence-corrected chi connectivity index (χ2v) is 5.30. The molecule has 5 heteroatoms. The highest BCUT2D eigenvalue weighted by Gasteiger charge is 2.13. The summed E-state index contributed by atoms with van der Waals surface area (Å²) < 4.78 is 4.25. The van der Waals surface area contributed by atoms with Crippen LogP contribution < -0.4 is 10.0 Å². The number of halogens is 1. The second-order valence-electron chi connectivity index (χ2n) is 3.54. The van der Waals surface area contributed by atoms with Gasteiger partial charge in [0.2, 0.25) is 5.96 Å². The van der Waals surface area contributed by atoms with Crippen LogP contribution >= 0.6 is 27.9 Å². The third-order valence-corrected chi connectivity index (χ3v) is 3.19. The van der Waals surface area contributed by atoms with E-state index >= 15 is 0 Å². The number of rotatable bonds is 1. The molecule has 0 aromatic heterocycles. The zero-order valence-electron chi connectivity index (χ0n) is 8.54. The molecule has 1 aromatic carbocycles. The molecule has 0 bridgehead atoms. The molecule has 0 amide bonds. The van der Waals surface area contributed by atoms with Gasteiger partial charge in [-0.15, -0.1) is 0 Å². The molecule has 0 fully saturated rings. The van der Waals surface area contributed by atoms with Crippen LogP contribution in [-0.2, 0) is 0 Å². The van der Waals surface area contributed by atoms with E-state index in [9.17, 15) is 0 Å². The summed E-state index contributed by atoms with van der Waals surface area (Å²) in [6.45, 7) is 4.11. The van der Waals surface area contributed by atoms with Gasteiger partial charge < -0.3 is 5.32 Å². The van der Waals surface area contributed by atoms with Crippen molar-refractivity contribution in [3.8, 4) is 0 Å². The Hall–Kier alpha value is -0.680. The average Bonchev–Trinajstić information content (AvgIpc) is 2.17. The van der Waals surface area contributed by atoms with Gasteiger partial charge >= 0.3 is 0 Å². The topological polar surface area (TPSA) is 36.4 Å². The molecule has 1 heterocycles. The molecule has 1 aliphatic heterocycles. The molecule has 3 nitrogen and oxygen atoms in total. The van der Waals surface area contributed by atoms with E-state index < -0.39 is 0 Å². The van der Waals surface area contributed by atoms with E-state index in [2.05, 4.69) is 50.9 Å². The molecule has 15 heavy (non-hydrogen) atoms. The Balaban J connectivity index is 2.24. The van der Waals surface area contributed by atoms with Gasteiger partial charge in [-0.05, 0) is 44.0 Å². The lowest BCUT2D eigenvalue weighted by Crippen LogP contribution is -2.30. The highest BCUT2D eigenvalue weighted by Crippen LogP contribution is 2.31. The lowest BCUT2D eigenvalue weighted by atomic mass is 10.3. The number of nitrogens with zero attached hydrogens (tertiary/aromatic N) is 1. The number of aliphatic imine (C=N–C) groups is 1. The number of hydrogen-bond donors (Lipinski definition) is 2. The van der Waals surface area contributed by atoms with Crippen LogP contribution in [0.1, 0.15) is 13.8 Å². The summed E-state index contributed by atoms with van der Waals surface area (Å²) >= 11 is 5.03. The monoisotopic (exact) mass is 285 g/mol. The van der Waals surface area contributed by atoms with Crippen molar-refractivity contribution in [2.75, 3.05) is 5.32 Å². The van der Waals surface area contributed by atoms with Crippen LogP contribution in [0.4, 0.5) is 5.69 Å². The van der Waals surface area contributed by atoms with Crippen molar-refractivity contribution in [2.45, 2.75) is 24.8 Å². The summed E-state index contributed by atoms with van der Waals surface area (Å²) in [6.07, 6.45) is 0. The second kappa shape index (κ2) is 4.45. The Morgan fingerprint density at radius 2 is 2.20 bits per heavy atom. The third kappa shape index (κ3) is 2.66. The summed E-state index contributed by atoms with van der Waals surface area (Å²) in [5.74, 6) is 0.824. The predicted octanol–water partition coefficient (Wildman–Crippen LogP) is 3.24. The first kappa shape index (κ1) is 10.8. The molecule has 0 radical (unpaired) electrons. The van der Waals surface area contributed by atoms with Crippen molar-refractivity contribution >= 4 is 39.5 Å². The van der Waals surface area contributed by atoms with Gasteiger partial charge in [-0.3, -0.25) is 4.72 Å². The highest BCUT2D eigenvalue weighted by molar-refractivity contribution is 9.10. The van der Waals surface area contributed by atoms with Gasteiger partial charge in [-0.25, -0.2) is 4.99 Å². The fourth-order valence-corrected chi connectivity index (χ4v) is 2.50. The van der Waals surface area contributed by atoms with Gasteiger partial charge in [0.1, 0.15) is 0 Å². The molecule has 2 N–H and O–H groups in total. The first-order valence-corrected chi connectivity index (χ1v) is 6.33. The van der Waals surface area contributed by atoms with E-state index in [4.69, 9.17) is 0 Å². The number of hydrogen-bond acceptors (Lipinski definition) is 2. The van der Waals surface area contributed by atoms with Crippen molar-refractivity contribution in [1.29, 1.82) is 0 Å². The minimum atomic E-state index is 0.289. The van der Waals surface area contributed by atoms with Gasteiger partial charge in [0, 0.05) is 10.5 Å². The van der Waals surface area contributed by atoms with Crippen molar-refractivity contribution in [3.63, 3.8) is 0 Å². The smallest absolute Gasteiger partial charge is 0.206 e. The fraction of sp³-hybridized carbons (Fsp3) is 0.300. The van der Waals surface area contributed by atoms with Crippen LogP contribution in [0.15, 0.2) is 32.6 Å². The largest absolute Gasteiger partial charge is 0.325 e. The molecule has 2 rings (SSSR count). The lowest BCUT2D eigenvalue weighted by molar-refractivity contribution is 0.831. The summed E-state index contributed by atoms with van der Waals surface area (Å²) in [5, 5.41) is 3.25. The first-order chi connectivity index (χ1) is 7.15. The van der Waals surface area contributed by atoms with E-state index in [-0.39, 0.29) is 6.04 Å². The van der Waals surface area contributed by atoms with Crippen LogP contribution in [-0.4, -0.2) is 12.0 Å². The van der Waals surface area contributed by atoms with E-state index in [1.165, 1.54) is 4.90 Å². The summed E-state index contributed by atoms with van der Waals surface area (Å²) in [5.41, 5.74) is 1.10. The molecular formula is C10H12BrN3S. The normalized spacial score (nSPS) is 17.2. The molecule has 1 aliphatic rings. The zero-order chi connectivity index (χ0) is 10.8. The summed E-state index contributed by atoms with van der Waals surface area (Å²) in [4.78, 5) is 5.59. The van der Waals surface area contributed by atoms with E-state index in [0.29, 0.717) is 0 Å². The molecule has 0 saturated carbocycles. The first-order valence-electron chi connectivity index (χ1n) is 4.72.